The van der Waals surface area contributed by atoms with Crippen molar-refractivity contribution in [3.63, 3.8) is 0 Å². The van der Waals surface area contributed by atoms with Crippen LogP contribution in [0.25, 0.3) is 22.6 Å². The Morgan fingerprint density at radius 2 is 1.86 bits per heavy atom. The molecule has 0 atom stereocenters. The average molecular weight is 456 g/mol. The van der Waals surface area contributed by atoms with Gasteiger partial charge < -0.3 is 9.52 Å². The molecule has 1 heterocycles. The van der Waals surface area contributed by atoms with E-state index in [2.05, 4.69) is 25.9 Å². The summed E-state index contributed by atoms with van der Waals surface area (Å²) in [5.41, 5.74) is 5.70. The van der Waals surface area contributed by atoms with E-state index >= 15 is 0 Å². The first-order valence-corrected chi connectivity index (χ1v) is 9.79. The predicted octanol–water partition coefficient (Wildman–Crippen LogP) is 6.98. The molecule has 4 aromatic rings. The lowest BCUT2D eigenvalue weighted by Crippen LogP contribution is -1.90. The number of oxazole rings is 1. The van der Waals surface area contributed by atoms with Crippen molar-refractivity contribution >= 4 is 50.5 Å². The van der Waals surface area contributed by atoms with Crippen LogP contribution < -0.4 is 0 Å². The van der Waals surface area contributed by atoms with E-state index < -0.39 is 0 Å². The third-order valence-corrected chi connectivity index (χ3v) is 5.81. The van der Waals surface area contributed by atoms with Crippen LogP contribution in [-0.2, 0) is 0 Å². The van der Waals surface area contributed by atoms with Crippen LogP contribution in [0.3, 0.4) is 0 Å². The zero-order valence-corrected chi connectivity index (χ0v) is 17.5. The van der Waals surface area contributed by atoms with Crippen LogP contribution in [0.2, 0.25) is 5.02 Å². The van der Waals surface area contributed by atoms with Gasteiger partial charge in [0.2, 0.25) is 5.89 Å². The Morgan fingerprint density at radius 1 is 1.11 bits per heavy atom. The number of hydrogen-bond acceptors (Lipinski definition) is 4. The molecule has 140 valence electrons. The minimum Gasteiger partial charge on any atom is -0.506 e. The molecule has 0 radical (unpaired) electrons. The number of aryl methyl sites for hydroxylation is 1. The first-order chi connectivity index (χ1) is 13.4. The molecule has 0 saturated heterocycles. The molecule has 0 aliphatic heterocycles. The summed E-state index contributed by atoms with van der Waals surface area (Å²) in [6.07, 6.45) is 1.65. The Bertz CT molecular complexity index is 1210. The summed E-state index contributed by atoms with van der Waals surface area (Å²) in [6, 6.07) is 14.8. The van der Waals surface area contributed by atoms with Crippen LogP contribution in [0.4, 0.5) is 5.69 Å². The minimum absolute atomic E-state index is 0.180. The average Bonchev–Trinajstić information content (AvgIpc) is 3.12. The minimum atomic E-state index is 0.180. The topological polar surface area (TPSA) is 58.6 Å². The van der Waals surface area contributed by atoms with Gasteiger partial charge in [0.25, 0.3) is 0 Å². The van der Waals surface area contributed by atoms with Crippen LogP contribution in [0.15, 0.2) is 62.4 Å². The van der Waals surface area contributed by atoms with Gasteiger partial charge in [-0.15, -0.1) is 0 Å². The van der Waals surface area contributed by atoms with Gasteiger partial charge in [-0.05, 0) is 89.4 Å². The monoisotopic (exact) mass is 454 g/mol. The van der Waals surface area contributed by atoms with Crippen LogP contribution in [-0.4, -0.2) is 16.3 Å². The molecule has 0 fully saturated rings. The van der Waals surface area contributed by atoms with E-state index in [0.29, 0.717) is 32.0 Å². The van der Waals surface area contributed by atoms with Gasteiger partial charge in [0.05, 0.1) is 10.2 Å². The standard InChI is InChI=1S/C22H16BrClN2O2/c1-12-9-15(21(27)20(23)13(12)2)11-25-17-7-8-19-18(10-17)26-22(28-19)14-3-5-16(24)6-4-14/h3-11,27H,1-2H3. The number of benzene rings is 3. The lowest BCUT2D eigenvalue weighted by molar-refractivity contribution is 0.470. The predicted molar refractivity (Wildman–Crippen MR) is 117 cm³/mol. The van der Waals surface area contributed by atoms with Crippen molar-refractivity contribution in [2.24, 2.45) is 4.99 Å². The molecule has 0 unspecified atom stereocenters. The molecule has 4 rings (SSSR count). The quantitative estimate of drug-likeness (QED) is 0.339. The first kappa shape index (κ1) is 18.7. The SMILES string of the molecule is Cc1cc(C=Nc2ccc3oc(-c4ccc(Cl)cc4)nc3c2)c(O)c(Br)c1C. The Morgan fingerprint density at radius 3 is 2.61 bits per heavy atom. The number of aromatic hydroxyl groups is 1. The fourth-order valence-electron chi connectivity index (χ4n) is 2.84. The highest BCUT2D eigenvalue weighted by atomic mass is 79.9. The third-order valence-electron chi connectivity index (χ3n) is 4.59. The number of phenolic OH excluding ortho intramolecular Hbond substituents is 1. The van der Waals surface area contributed by atoms with Gasteiger partial charge in [0, 0.05) is 22.4 Å². The molecule has 6 heteroatoms. The van der Waals surface area contributed by atoms with Crippen molar-refractivity contribution < 1.29 is 9.52 Å². The molecule has 0 aliphatic rings. The number of hydrogen-bond donors (Lipinski definition) is 1. The van der Waals surface area contributed by atoms with E-state index in [1.807, 2.05) is 50.2 Å². The van der Waals surface area contributed by atoms with Gasteiger partial charge in [-0.25, -0.2) is 4.98 Å². The second-order valence-corrected chi connectivity index (χ2v) is 7.74. The van der Waals surface area contributed by atoms with Crippen LogP contribution in [0.5, 0.6) is 5.75 Å². The molecule has 0 spiro atoms. The maximum absolute atomic E-state index is 10.3. The second kappa shape index (κ2) is 7.41. The number of aromatic nitrogens is 1. The fraction of sp³-hybridized carbons (Fsp3) is 0.0909. The van der Waals surface area contributed by atoms with Crippen molar-refractivity contribution in [1.82, 2.24) is 4.98 Å². The maximum atomic E-state index is 10.3. The number of rotatable bonds is 3. The molecule has 0 bridgehead atoms. The number of halogens is 2. The highest BCUT2D eigenvalue weighted by molar-refractivity contribution is 9.10. The Balaban J connectivity index is 1.67. The van der Waals surface area contributed by atoms with E-state index in [0.717, 1.165) is 22.4 Å². The summed E-state index contributed by atoms with van der Waals surface area (Å²) in [7, 11) is 0. The molecular weight excluding hydrogens is 440 g/mol. The van der Waals surface area contributed by atoms with Gasteiger partial charge in [-0.3, -0.25) is 4.99 Å². The summed E-state index contributed by atoms with van der Waals surface area (Å²) in [5.74, 6) is 0.711. The van der Waals surface area contributed by atoms with Crippen molar-refractivity contribution in [3.05, 3.63) is 74.7 Å². The van der Waals surface area contributed by atoms with Crippen molar-refractivity contribution in [1.29, 1.82) is 0 Å². The van der Waals surface area contributed by atoms with Crippen LogP contribution in [0.1, 0.15) is 16.7 Å². The van der Waals surface area contributed by atoms with Crippen LogP contribution >= 0.6 is 27.5 Å². The molecule has 0 aliphatic carbocycles. The smallest absolute Gasteiger partial charge is 0.227 e. The zero-order chi connectivity index (χ0) is 19.8. The zero-order valence-electron chi connectivity index (χ0n) is 15.2. The van der Waals surface area contributed by atoms with E-state index in [4.69, 9.17) is 16.0 Å². The molecule has 4 nitrogen and oxygen atoms in total. The molecule has 1 aromatic heterocycles. The Labute approximate surface area is 175 Å². The number of aliphatic imine (C=N–C) groups is 1. The Hall–Kier alpha value is -2.63. The molecule has 0 amide bonds. The molecule has 0 saturated carbocycles. The lowest BCUT2D eigenvalue weighted by atomic mass is 10.1. The Kier molecular flexibility index (Phi) is 4.96. The second-order valence-electron chi connectivity index (χ2n) is 6.51. The summed E-state index contributed by atoms with van der Waals surface area (Å²) in [4.78, 5) is 9.03. The lowest BCUT2D eigenvalue weighted by Gasteiger charge is -2.08. The van der Waals surface area contributed by atoms with Gasteiger partial charge in [0.15, 0.2) is 5.58 Å². The highest BCUT2D eigenvalue weighted by Gasteiger charge is 2.11. The van der Waals surface area contributed by atoms with E-state index in [1.54, 1.807) is 18.3 Å². The van der Waals surface area contributed by atoms with Crippen molar-refractivity contribution in [2.45, 2.75) is 13.8 Å². The summed E-state index contributed by atoms with van der Waals surface area (Å²) in [5, 5.41) is 11.0. The van der Waals surface area contributed by atoms with Gasteiger partial charge in [-0.2, -0.15) is 0 Å². The van der Waals surface area contributed by atoms with Crippen molar-refractivity contribution in [2.75, 3.05) is 0 Å². The van der Waals surface area contributed by atoms with Crippen molar-refractivity contribution in [3.8, 4) is 17.2 Å². The molecule has 28 heavy (non-hydrogen) atoms. The normalized spacial score (nSPS) is 11.6. The summed E-state index contributed by atoms with van der Waals surface area (Å²) >= 11 is 9.36. The van der Waals surface area contributed by atoms with Gasteiger partial charge in [0.1, 0.15) is 11.3 Å². The number of fused-ring (bicyclic) bond motifs is 1. The molecular formula is C22H16BrClN2O2. The first-order valence-electron chi connectivity index (χ1n) is 8.61. The molecule has 3 aromatic carbocycles. The summed E-state index contributed by atoms with van der Waals surface area (Å²) < 4.78 is 6.51. The van der Waals surface area contributed by atoms with Crippen LogP contribution in [0, 0.1) is 13.8 Å². The van der Waals surface area contributed by atoms with E-state index in [9.17, 15) is 5.11 Å². The summed E-state index contributed by atoms with van der Waals surface area (Å²) in [6.45, 7) is 3.95. The highest BCUT2D eigenvalue weighted by Crippen LogP contribution is 2.33. The third kappa shape index (κ3) is 3.55. The fourth-order valence-corrected chi connectivity index (χ4v) is 3.51. The molecule has 1 N–H and O–H groups in total. The maximum Gasteiger partial charge on any atom is 0.227 e. The largest absolute Gasteiger partial charge is 0.506 e. The van der Waals surface area contributed by atoms with E-state index in [-0.39, 0.29) is 5.75 Å². The number of nitrogens with zero attached hydrogens (tertiary/aromatic N) is 2. The van der Waals surface area contributed by atoms with E-state index in [1.165, 1.54) is 0 Å². The van der Waals surface area contributed by atoms with Gasteiger partial charge in [-0.1, -0.05) is 11.6 Å². The van der Waals surface area contributed by atoms with Gasteiger partial charge >= 0.3 is 0 Å². The number of phenols is 1.